The molecule has 0 saturated carbocycles. The highest BCUT2D eigenvalue weighted by atomic mass is 16.2. The Balaban J connectivity index is 1.35. The first-order chi connectivity index (χ1) is 13.6. The van der Waals surface area contributed by atoms with Crippen LogP contribution in [-0.4, -0.2) is 46.9 Å². The standard InChI is InChI=1S/C24H27N3O/c1-18(2)20-9-7-19(8-10-20)17-26-13-15-27(16-14-26)24(28)23-12-11-21-5-3-4-6-22(21)25-23/h3-12,18H,13-17H2,1-2H3. The van der Waals surface area contributed by atoms with Crippen LogP contribution in [-0.2, 0) is 6.54 Å². The van der Waals surface area contributed by atoms with E-state index in [1.165, 1.54) is 11.1 Å². The van der Waals surface area contributed by atoms with Gasteiger partial charge in [-0.1, -0.05) is 62.4 Å². The molecule has 1 amide bonds. The zero-order valence-corrected chi connectivity index (χ0v) is 16.6. The van der Waals surface area contributed by atoms with E-state index in [4.69, 9.17) is 0 Å². The van der Waals surface area contributed by atoms with Crippen molar-refractivity contribution in [3.8, 4) is 0 Å². The van der Waals surface area contributed by atoms with Gasteiger partial charge in [-0.15, -0.1) is 0 Å². The van der Waals surface area contributed by atoms with Crippen LogP contribution in [0.25, 0.3) is 10.9 Å². The summed E-state index contributed by atoms with van der Waals surface area (Å²) < 4.78 is 0. The Morgan fingerprint density at radius 1 is 0.929 bits per heavy atom. The second-order valence-corrected chi connectivity index (χ2v) is 7.85. The normalized spacial score (nSPS) is 15.3. The molecule has 0 aliphatic carbocycles. The summed E-state index contributed by atoms with van der Waals surface area (Å²) in [4.78, 5) is 21.8. The largest absolute Gasteiger partial charge is 0.335 e. The molecule has 4 heteroatoms. The first-order valence-electron chi connectivity index (χ1n) is 10.1. The number of nitrogens with zero attached hydrogens (tertiary/aromatic N) is 3. The molecule has 1 aliphatic heterocycles. The topological polar surface area (TPSA) is 36.4 Å². The Morgan fingerprint density at radius 3 is 2.36 bits per heavy atom. The van der Waals surface area contributed by atoms with Crippen molar-refractivity contribution in [1.82, 2.24) is 14.8 Å². The molecule has 1 saturated heterocycles. The summed E-state index contributed by atoms with van der Waals surface area (Å²) in [7, 11) is 0. The first kappa shape index (κ1) is 18.6. The molecule has 0 radical (unpaired) electrons. The number of para-hydroxylation sites is 1. The minimum absolute atomic E-state index is 0.0340. The number of carbonyl (C=O) groups excluding carboxylic acids is 1. The lowest BCUT2D eigenvalue weighted by atomic mass is 10.0. The molecule has 0 N–H and O–H groups in total. The maximum Gasteiger partial charge on any atom is 0.272 e. The summed E-state index contributed by atoms with van der Waals surface area (Å²) in [6.45, 7) is 8.66. The van der Waals surface area contributed by atoms with Crippen LogP contribution in [0.2, 0.25) is 0 Å². The van der Waals surface area contributed by atoms with Crippen LogP contribution in [0.3, 0.4) is 0 Å². The Kier molecular flexibility index (Phi) is 5.40. The second-order valence-electron chi connectivity index (χ2n) is 7.85. The molecule has 1 fully saturated rings. The smallest absolute Gasteiger partial charge is 0.272 e. The Morgan fingerprint density at radius 2 is 1.64 bits per heavy atom. The SMILES string of the molecule is CC(C)c1ccc(CN2CCN(C(=O)c3ccc4ccccc4n3)CC2)cc1. The van der Waals surface area contributed by atoms with Crippen LogP contribution in [0.15, 0.2) is 60.7 Å². The van der Waals surface area contributed by atoms with Crippen molar-refractivity contribution >= 4 is 16.8 Å². The third-order valence-electron chi connectivity index (χ3n) is 5.53. The van der Waals surface area contributed by atoms with Gasteiger partial charge in [0.05, 0.1) is 5.52 Å². The van der Waals surface area contributed by atoms with Gasteiger partial charge in [-0.2, -0.15) is 0 Å². The van der Waals surface area contributed by atoms with Gasteiger partial charge in [0.15, 0.2) is 0 Å². The third kappa shape index (κ3) is 4.07. The van der Waals surface area contributed by atoms with Crippen LogP contribution in [0.5, 0.6) is 0 Å². The molecule has 0 spiro atoms. The van der Waals surface area contributed by atoms with Gasteiger partial charge < -0.3 is 4.90 Å². The maximum atomic E-state index is 12.9. The van der Waals surface area contributed by atoms with Crippen molar-refractivity contribution in [2.75, 3.05) is 26.2 Å². The lowest BCUT2D eigenvalue weighted by Gasteiger charge is -2.34. The minimum Gasteiger partial charge on any atom is -0.335 e. The fraction of sp³-hybridized carbons (Fsp3) is 0.333. The van der Waals surface area contributed by atoms with Crippen LogP contribution in [0, 0.1) is 0 Å². The van der Waals surface area contributed by atoms with Gasteiger partial charge in [-0.25, -0.2) is 4.98 Å². The summed E-state index contributed by atoms with van der Waals surface area (Å²) in [6, 6.07) is 20.6. The molecule has 4 nitrogen and oxygen atoms in total. The fourth-order valence-electron chi connectivity index (χ4n) is 3.72. The molecule has 3 aromatic rings. The number of aromatic nitrogens is 1. The van der Waals surface area contributed by atoms with E-state index in [1.54, 1.807) is 0 Å². The van der Waals surface area contributed by atoms with Crippen molar-refractivity contribution in [2.24, 2.45) is 0 Å². The Labute approximate surface area is 166 Å². The van der Waals surface area contributed by atoms with Crippen LogP contribution in [0.1, 0.15) is 41.4 Å². The second kappa shape index (κ2) is 8.11. The van der Waals surface area contributed by atoms with Crippen molar-refractivity contribution in [1.29, 1.82) is 0 Å². The van der Waals surface area contributed by atoms with E-state index < -0.39 is 0 Å². The number of piperazine rings is 1. The molecular formula is C24H27N3O. The zero-order valence-electron chi connectivity index (χ0n) is 16.6. The Bertz CT molecular complexity index is 957. The molecule has 2 heterocycles. The number of hydrogen-bond donors (Lipinski definition) is 0. The highest BCUT2D eigenvalue weighted by molar-refractivity contribution is 5.95. The number of amides is 1. The monoisotopic (exact) mass is 373 g/mol. The summed E-state index contributed by atoms with van der Waals surface area (Å²) in [6.07, 6.45) is 0. The predicted octanol–water partition coefficient (Wildman–Crippen LogP) is 4.32. The van der Waals surface area contributed by atoms with E-state index in [-0.39, 0.29) is 5.91 Å². The first-order valence-corrected chi connectivity index (χ1v) is 10.1. The Hall–Kier alpha value is -2.72. The van der Waals surface area contributed by atoms with E-state index >= 15 is 0 Å². The van der Waals surface area contributed by atoms with Gasteiger partial charge in [-0.3, -0.25) is 9.69 Å². The lowest BCUT2D eigenvalue weighted by Crippen LogP contribution is -2.48. The molecule has 144 valence electrons. The quantitative estimate of drug-likeness (QED) is 0.683. The van der Waals surface area contributed by atoms with Crippen molar-refractivity contribution in [3.05, 3.63) is 77.5 Å². The number of carbonyl (C=O) groups is 1. The van der Waals surface area contributed by atoms with Gasteiger partial charge in [0.25, 0.3) is 5.91 Å². The molecule has 1 aromatic heterocycles. The lowest BCUT2D eigenvalue weighted by molar-refractivity contribution is 0.0623. The predicted molar refractivity (Wildman–Crippen MR) is 113 cm³/mol. The molecule has 4 rings (SSSR count). The van der Waals surface area contributed by atoms with Gasteiger partial charge >= 0.3 is 0 Å². The van der Waals surface area contributed by atoms with E-state index in [2.05, 4.69) is 48.0 Å². The minimum atomic E-state index is 0.0340. The van der Waals surface area contributed by atoms with Crippen molar-refractivity contribution < 1.29 is 4.79 Å². The van der Waals surface area contributed by atoms with Crippen LogP contribution >= 0.6 is 0 Å². The maximum absolute atomic E-state index is 12.9. The molecule has 0 bridgehead atoms. The average molecular weight is 374 g/mol. The highest BCUT2D eigenvalue weighted by Crippen LogP contribution is 2.17. The molecule has 0 atom stereocenters. The van der Waals surface area contributed by atoms with E-state index in [1.807, 2.05) is 41.3 Å². The fourth-order valence-corrected chi connectivity index (χ4v) is 3.72. The number of hydrogen-bond acceptors (Lipinski definition) is 3. The van der Waals surface area contributed by atoms with Gasteiger partial charge in [0.1, 0.15) is 5.69 Å². The average Bonchev–Trinajstić information content (AvgIpc) is 2.74. The number of rotatable bonds is 4. The molecule has 1 aliphatic rings. The van der Waals surface area contributed by atoms with Gasteiger partial charge in [0.2, 0.25) is 0 Å². The molecule has 2 aromatic carbocycles. The highest BCUT2D eigenvalue weighted by Gasteiger charge is 2.23. The number of benzene rings is 2. The van der Waals surface area contributed by atoms with E-state index in [0.717, 1.165) is 43.6 Å². The van der Waals surface area contributed by atoms with Gasteiger partial charge in [0, 0.05) is 38.1 Å². The number of fused-ring (bicyclic) bond motifs is 1. The third-order valence-corrected chi connectivity index (χ3v) is 5.53. The van der Waals surface area contributed by atoms with Crippen molar-refractivity contribution in [2.45, 2.75) is 26.3 Å². The summed E-state index contributed by atoms with van der Waals surface area (Å²) in [5.74, 6) is 0.596. The summed E-state index contributed by atoms with van der Waals surface area (Å²) >= 11 is 0. The van der Waals surface area contributed by atoms with E-state index in [0.29, 0.717) is 11.6 Å². The molecule has 28 heavy (non-hydrogen) atoms. The van der Waals surface area contributed by atoms with E-state index in [9.17, 15) is 4.79 Å². The zero-order chi connectivity index (χ0) is 19.5. The summed E-state index contributed by atoms with van der Waals surface area (Å²) in [5, 5.41) is 1.06. The van der Waals surface area contributed by atoms with Crippen molar-refractivity contribution in [3.63, 3.8) is 0 Å². The van der Waals surface area contributed by atoms with Crippen LogP contribution < -0.4 is 0 Å². The number of pyridine rings is 1. The summed E-state index contributed by atoms with van der Waals surface area (Å²) in [5.41, 5.74) is 4.12. The molecule has 0 unspecified atom stereocenters. The molecular weight excluding hydrogens is 346 g/mol. The van der Waals surface area contributed by atoms with Gasteiger partial charge in [-0.05, 0) is 29.2 Å². The van der Waals surface area contributed by atoms with Crippen LogP contribution in [0.4, 0.5) is 0 Å².